The normalized spacial score (nSPS) is 10.3. The number of hydrogen-bond acceptors (Lipinski definition) is 5. The highest BCUT2D eigenvalue weighted by molar-refractivity contribution is 7.09. The molecule has 0 saturated carbocycles. The fourth-order valence-corrected chi connectivity index (χ4v) is 2.28. The summed E-state index contributed by atoms with van der Waals surface area (Å²) in [6.07, 6.45) is 2.59. The van der Waals surface area contributed by atoms with Crippen molar-refractivity contribution in [2.75, 3.05) is 11.9 Å². The highest BCUT2D eigenvalue weighted by atomic mass is 32.1. The van der Waals surface area contributed by atoms with Gasteiger partial charge in [0.25, 0.3) is 5.69 Å². The fourth-order valence-electron chi connectivity index (χ4n) is 1.66. The van der Waals surface area contributed by atoms with Crippen molar-refractivity contribution in [1.82, 2.24) is 4.98 Å². The van der Waals surface area contributed by atoms with E-state index in [4.69, 9.17) is 0 Å². The lowest BCUT2D eigenvalue weighted by Gasteiger charge is -2.06. The van der Waals surface area contributed by atoms with E-state index in [0.717, 1.165) is 22.7 Å². The zero-order valence-electron chi connectivity index (χ0n) is 9.92. The second-order valence-corrected chi connectivity index (χ2v) is 4.90. The number of rotatable bonds is 5. The molecule has 94 valence electrons. The highest BCUT2D eigenvalue weighted by Gasteiger charge is 2.07. The molecule has 1 aromatic heterocycles. The number of aryl methyl sites for hydroxylation is 1. The molecule has 1 N–H and O–H groups in total. The lowest BCUT2D eigenvalue weighted by molar-refractivity contribution is -0.384. The van der Waals surface area contributed by atoms with Crippen molar-refractivity contribution < 1.29 is 4.92 Å². The molecule has 0 aliphatic heterocycles. The molecule has 0 amide bonds. The van der Waals surface area contributed by atoms with E-state index in [-0.39, 0.29) is 10.6 Å². The van der Waals surface area contributed by atoms with Crippen LogP contribution in [-0.2, 0) is 6.42 Å². The molecule has 0 fully saturated rings. The summed E-state index contributed by atoms with van der Waals surface area (Å²) >= 11 is 1.61. The van der Waals surface area contributed by atoms with Crippen LogP contribution in [0.3, 0.4) is 0 Å². The Morgan fingerprint density at radius 1 is 1.44 bits per heavy atom. The summed E-state index contributed by atoms with van der Waals surface area (Å²) in [5.74, 6) is 0. The first kappa shape index (κ1) is 12.5. The topological polar surface area (TPSA) is 68.1 Å². The molecule has 2 aromatic rings. The first-order chi connectivity index (χ1) is 8.65. The Bertz CT molecular complexity index is 540. The van der Waals surface area contributed by atoms with Gasteiger partial charge in [-0.25, -0.2) is 4.98 Å². The van der Waals surface area contributed by atoms with Crippen molar-refractivity contribution in [3.8, 4) is 0 Å². The van der Waals surface area contributed by atoms with Gasteiger partial charge >= 0.3 is 0 Å². The van der Waals surface area contributed by atoms with E-state index in [2.05, 4.69) is 10.3 Å². The van der Waals surface area contributed by atoms with Gasteiger partial charge in [0, 0.05) is 42.4 Å². The van der Waals surface area contributed by atoms with Crippen molar-refractivity contribution in [1.29, 1.82) is 0 Å². The third-order valence-electron chi connectivity index (χ3n) is 2.42. The number of hydrogen-bond donors (Lipinski definition) is 1. The quantitative estimate of drug-likeness (QED) is 0.665. The second kappa shape index (κ2) is 5.59. The largest absolute Gasteiger partial charge is 0.384 e. The summed E-state index contributed by atoms with van der Waals surface area (Å²) in [5.41, 5.74) is 1.77. The molecular weight excluding hydrogens is 250 g/mol. The van der Waals surface area contributed by atoms with Gasteiger partial charge in [0.05, 0.1) is 9.93 Å². The van der Waals surface area contributed by atoms with Crippen molar-refractivity contribution in [2.24, 2.45) is 0 Å². The third-order valence-corrected chi connectivity index (χ3v) is 3.26. The smallest absolute Gasteiger partial charge is 0.271 e. The van der Waals surface area contributed by atoms with E-state index < -0.39 is 0 Å². The maximum absolute atomic E-state index is 10.7. The number of nitro benzene ring substituents is 1. The maximum Gasteiger partial charge on any atom is 0.271 e. The molecule has 18 heavy (non-hydrogen) atoms. The summed E-state index contributed by atoms with van der Waals surface area (Å²) in [6.45, 7) is 2.56. The molecule has 0 saturated heterocycles. The predicted molar refractivity (Wildman–Crippen MR) is 72.1 cm³/mol. The minimum atomic E-state index is -0.376. The van der Waals surface area contributed by atoms with E-state index in [9.17, 15) is 10.1 Å². The van der Waals surface area contributed by atoms with Gasteiger partial charge in [-0.15, -0.1) is 11.3 Å². The molecule has 0 spiro atoms. The Balaban J connectivity index is 1.98. The first-order valence-electron chi connectivity index (χ1n) is 5.53. The van der Waals surface area contributed by atoms with Gasteiger partial charge in [-0.1, -0.05) is 0 Å². The van der Waals surface area contributed by atoms with E-state index in [1.54, 1.807) is 29.7 Å². The zero-order chi connectivity index (χ0) is 13.0. The molecule has 2 rings (SSSR count). The molecule has 1 heterocycles. The molecule has 0 aliphatic carbocycles. The Morgan fingerprint density at radius 3 is 2.94 bits per heavy atom. The molecule has 6 heteroatoms. The maximum atomic E-state index is 10.7. The average Bonchev–Trinajstić information content (AvgIpc) is 2.81. The Kier molecular flexibility index (Phi) is 3.88. The molecule has 0 unspecified atom stereocenters. The SMILES string of the molecule is Cc1cc(NCCc2nccs2)cc([N+](=O)[O-])c1. The number of non-ortho nitro benzene ring substituents is 1. The monoisotopic (exact) mass is 263 g/mol. The number of aromatic nitrogens is 1. The standard InChI is InChI=1S/C12H13N3O2S/c1-9-6-10(8-11(7-9)15(16)17)13-3-2-12-14-4-5-18-12/h4-8,13H,2-3H2,1H3. The van der Waals surface area contributed by atoms with Crippen molar-refractivity contribution >= 4 is 22.7 Å². The first-order valence-corrected chi connectivity index (χ1v) is 6.41. The molecule has 5 nitrogen and oxygen atoms in total. The number of anilines is 1. The van der Waals surface area contributed by atoms with Gasteiger partial charge in [-0.05, 0) is 18.6 Å². The van der Waals surface area contributed by atoms with Crippen LogP contribution in [0.15, 0.2) is 29.8 Å². The number of nitro groups is 1. The molecular formula is C12H13N3O2S. The van der Waals surface area contributed by atoms with E-state index in [1.165, 1.54) is 0 Å². The van der Waals surface area contributed by atoms with E-state index >= 15 is 0 Å². The molecule has 0 aliphatic rings. The summed E-state index contributed by atoms with van der Waals surface area (Å²) in [4.78, 5) is 14.5. The molecule has 1 aromatic carbocycles. The number of nitrogens with zero attached hydrogens (tertiary/aromatic N) is 2. The number of benzene rings is 1. The van der Waals surface area contributed by atoms with Gasteiger partial charge in [-0.3, -0.25) is 10.1 Å². The third kappa shape index (κ3) is 3.27. The van der Waals surface area contributed by atoms with Gasteiger partial charge in [-0.2, -0.15) is 0 Å². The Morgan fingerprint density at radius 2 is 2.28 bits per heavy atom. The summed E-state index contributed by atoms with van der Waals surface area (Å²) in [7, 11) is 0. The summed E-state index contributed by atoms with van der Waals surface area (Å²) < 4.78 is 0. The van der Waals surface area contributed by atoms with Gasteiger partial charge in [0.1, 0.15) is 0 Å². The molecule has 0 radical (unpaired) electrons. The minimum absolute atomic E-state index is 0.117. The van der Waals surface area contributed by atoms with Gasteiger partial charge < -0.3 is 5.32 Å². The number of nitrogens with one attached hydrogen (secondary N) is 1. The lowest BCUT2D eigenvalue weighted by Crippen LogP contribution is -2.05. The average molecular weight is 263 g/mol. The van der Waals surface area contributed by atoms with Crippen molar-refractivity contribution in [3.63, 3.8) is 0 Å². The van der Waals surface area contributed by atoms with Gasteiger partial charge in [0.15, 0.2) is 0 Å². The Labute approximate surface area is 109 Å². The summed E-state index contributed by atoms with van der Waals surface area (Å²) in [5, 5.41) is 16.9. The van der Waals surface area contributed by atoms with Crippen molar-refractivity contribution in [3.05, 3.63) is 50.5 Å². The Hall–Kier alpha value is -1.95. The van der Waals surface area contributed by atoms with E-state index in [1.807, 2.05) is 18.4 Å². The van der Waals surface area contributed by atoms with Crippen LogP contribution in [-0.4, -0.2) is 16.5 Å². The van der Waals surface area contributed by atoms with E-state index in [0.29, 0.717) is 6.54 Å². The van der Waals surface area contributed by atoms with Crippen LogP contribution in [0.4, 0.5) is 11.4 Å². The summed E-state index contributed by atoms with van der Waals surface area (Å²) in [6, 6.07) is 5.01. The molecule has 0 atom stereocenters. The van der Waals surface area contributed by atoms with Crippen LogP contribution in [0.25, 0.3) is 0 Å². The fraction of sp³-hybridized carbons (Fsp3) is 0.250. The highest BCUT2D eigenvalue weighted by Crippen LogP contribution is 2.20. The number of thiazole rings is 1. The van der Waals surface area contributed by atoms with Crippen LogP contribution >= 0.6 is 11.3 Å². The van der Waals surface area contributed by atoms with Crippen LogP contribution in [0, 0.1) is 17.0 Å². The van der Waals surface area contributed by atoms with Crippen molar-refractivity contribution in [2.45, 2.75) is 13.3 Å². The van der Waals surface area contributed by atoms with Crippen LogP contribution in [0.1, 0.15) is 10.6 Å². The molecule has 0 bridgehead atoms. The lowest BCUT2D eigenvalue weighted by atomic mass is 10.2. The van der Waals surface area contributed by atoms with Gasteiger partial charge in [0.2, 0.25) is 0 Å². The van der Waals surface area contributed by atoms with Crippen LogP contribution in [0.5, 0.6) is 0 Å². The minimum Gasteiger partial charge on any atom is -0.384 e. The van der Waals surface area contributed by atoms with Crippen LogP contribution in [0.2, 0.25) is 0 Å². The second-order valence-electron chi connectivity index (χ2n) is 3.92. The zero-order valence-corrected chi connectivity index (χ0v) is 10.7. The van der Waals surface area contributed by atoms with Crippen LogP contribution < -0.4 is 5.32 Å². The predicted octanol–water partition coefficient (Wildman–Crippen LogP) is 3.01.